The summed E-state index contributed by atoms with van der Waals surface area (Å²) in [5.74, 6) is 2.03. The minimum absolute atomic E-state index is 0.516. The van der Waals surface area contributed by atoms with Crippen LogP contribution < -0.4 is 5.32 Å². The van der Waals surface area contributed by atoms with Gasteiger partial charge in [-0.15, -0.1) is 0 Å². The molecule has 1 aliphatic heterocycles. The zero-order valence-corrected chi connectivity index (χ0v) is 14.0. The van der Waals surface area contributed by atoms with Crippen molar-refractivity contribution in [2.24, 2.45) is 0 Å². The van der Waals surface area contributed by atoms with Gasteiger partial charge in [0, 0.05) is 43.6 Å². The molecule has 0 spiro atoms. The van der Waals surface area contributed by atoms with Gasteiger partial charge in [-0.05, 0) is 43.0 Å². The second-order valence-corrected chi connectivity index (χ2v) is 6.34. The number of piperidine rings is 1. The predicted octanol–water partition coefficient (Wildman–Crippen LogP) is 2.72. The highest BCUT2D eigenvalue weighted by molar-refractivity contribution is 5.51. The Kier molecular flexibility index (Phi) is 4.65. The molecular weight excluding hydrogens is 314 g/mol. The second kappa shape index (κ2) is 7.40. The van der Waals surface area contributed by atoms with Crippen molar-refractivity contribution in [3.8, 4) is 0 Å². The van der Waals surface area contributed by atoms with Crippen molar-refractivity contribution >= 4 is 11.6 Å². The van der Waals surface area contributed by atoms with Crippen molar-refractivity contribution in [3.05, 3.63) is 60.7 Å². The van der Waals surface area contributed by atoms with Gasteiger partial charge in [0.05, 0.1) is 12.5 Å². The van der Waals surface area contributed by atoms with Crippen LogP contribution in [0.15, 0.2) is 49.4 Å². The normalized spacial score (nSPS) is 18.2. The molecule has 1 fully saturated rings. The van der Waals surface area contributed by atoms with Crippen LogP contribution >= 0.6 is 0 Å². The van der Waals surface area contributed by atoms with Crippen molar-refractivity contribution in [2.75, 3.05) is 18.4 Å². The smallest absolute Gasteiger partial charge is 0.150 e. The van der Waals surface area contributed by atoms with Gasteiger partial charge in [0.25, 0.3) is 0 Å². The number of anilines is 2. The topological polar surface area (TPSA) is 82.6 Å². The van der Waals surface area contributed by atoms with E-state index in [1.54, 1.807) is 24.9 Å². The number of nitrogens with one attached hydrogen (secondary N) is 2. The highest BCUT2D eigenvalue weighted by Crippen LogP contribution is 2.28. The van der Waals surface area contributed by atoms with E-state index >= 15 is 0 Å². The molecule has 25 heavy (non-hydrogen) atoms. The molecule has 0 saturated carbocycles. The molecule has 0 bridgehead atoms. The lowest BCUT2D eigenvalue weighted by Crippen LogP contribution is -2.34. The molecule has 128 valence electrons. The van der Waals surface area contributed by atoms with E-state index in [1.807, 2.05) is 12.4 Å². The molecule has 7 nitrogen and oxygen atoms in total. The Bertz CT molecular complexity index is 788. The molecular formula is C18H21N7. The van der Waals surface area contributed by atoms with Crippen molar-refractivity contribution in [1.82, 2.24) is 29.8 Å². The summed E-state index contributed by atoms with van der Waals surface area (Å²) >= 11 is 0. The van der Waals surface area contributed by atoms with Crippen LogP contribution in [0, 0.1) is 0 Å². The number of hydrogen-bond acceptors (Lipinski definition) is 6. The molecule has 3 aromatic heterocycles. The third-order valence-corrected chi connectivity index (χ3v) is 4.53. The van der Waals surface area contributed by atoms with Gasteiger partial charge in [0.1, 0.15) is 11.6 Å². The molecule has 4 rings (SSSR count). The Balaban J connectivity index is 1.44. The summed E-state index contributed by atoms with van der Waals surface area (Å²) in [6.45, 7) is 3.10. The standard InChI is InChI=1S/C18H21N7/c1-2-15(11-25(7-1)12-16-9-20-13-23-16)14-3-4-21-17(8-14)24-18-10-19-5-6-22-18/h3-6,8-10,13,15H,1-2,7,11-12H2,(H,20,23)(H,21,22,24). The summed E-state index contributed by atoms with van der Waals surface area (Å²) in [4.78, 5) is 22.5. The molecule has 0 amide bonds. The number of rotatable bonds is 5. The summed E-state index contributed by atoms with van der Waals surface area (Å²) in [5.41, 5.74) is 2.48. The summed E-state index contributed by atoms with van der Waals surface area (Å²) in [6, 6.07) is 4.24. The van der Waals surface area contributed by atoms with Gasteiger partial charge in [-0.2, -0.15) is 0 Å². The van der Waals surface area contributed by atoms with Crippen LogP contribution in [-0.2, 0) is 6.54 Å². The highest BCUT2D eigenvalue weighted by Gasteiger charge is 2.22. The second-order valence-electron chi connectivity index (χ2n) is 6.34. The van der Waals surface area contributed by atoms with Gasteiger partial charge in [-0.25, -0.2) is 15.0 Å². The van der Waals surface area contributed by atoms with Gasteiger partial charge in [0.15, 0.2) is 0 Å². The molecule has 1 unspecified atom stereocenters. The number of hydrogen-bond donors (Lipinski definition) is 2. The number of imidazole rings is 1. The van der Waals surface area contributed by atoms with Crippen molar-refractivity contribution in [2.45, 2.75) is 25.3 Å². The quantitative estimate of drug-likeness (QED) is 0.746. The fourth-order valence-corrected chi connectivity index (χ4v) is 3.35. The molecule has 0 aliphatic carbocycles. The predicted molar refractivity (Wildman–Crippen MR) is 95.4 cm³/mol. The maximum absolute atomic E-state index is 4.40. The summed E-state index contributed by atoms with van der Waals surface area (Å²) < 4.78 is 0. The van der Waals surface area contributed by atoms with Crippen molar-refractivity contribution in [1.29, 1.82) is 0 Å². The van der Waals surface area contributed by atoms with Gasteiger partial charge in [-0.3, -0.25) is 9.88 Å². The summed E-state index contributed by atoms with van der Waals surface area (Å²) in [7, 11) is 0. The first kappa shape index (κ1) is 15.7. The van der Waals surface area contributed by atoms with E-state index in [1.165, 1.54) is 24.1 Å². The third-order valence-electron chi connectivity index (χ3n) is 4.53. The number of aromatic nitrogens is 5. The van der Waals surface area contributed by atoms with E-state index in [0.717, 1.165) is 25.5 Å². The van der Waals surface area contributed by atoms with Crippen LogP contribution in [0.4, 0.5) is 11.6 Å². The molecule has 1 atom stereocenters. The Morgan fingerprint density at radius 2 is 2.08 bits per heavy atom. The van der Waals surface area contributed by atoms with Gasteiger partial charge >= 0.3 is 0 Å². The number of likely N-dealkylation sites (tertiary alicyclic amines) is 1. The van der Waals surface area contributed by atoms with Crippen LogP contribution in [0.1, 0.15) is 30.0 Å². The van der Waals surface area contributed by atoms with Crippen LogP contribution in [0.25, 0.3) is 0 Å². The summed E-state index contributed by atoms with van der Waals surface area (Å²) in [6.07, 6.45) is 12.9. The lowest BCUT2D eigenvalue weighted by atomic mass is 9.91. The van der Waals surface area contributed by atoms with Crippen LogP contribution in [0.5, 0.6) is 0 Å². The van der Waals surface area contributed by atoms with Gasteiger partial charge in [-0.1, -0.05) is 0 Å². The zero-order chi connectivity index (χ0) is 16.9. The Labute approximate surface area is 146 Å². The van der Waals surface area contributed by atoms with E-state index in [9.17, 15) is 0 Å². The lowest BCUT2D eigenvalue weighted by Gasteiger charge is -2.32. The van der Waals surface area contributed by atoms with Gasteiger partial charge in [0.2, 0.25) is 0 Å². The first-order valence-electron chi connectivity index (χ1n) is 8.55. The molecule has 2 N–H and O–H groups in total. The molecule has 1 saturated heterocycles. The van der Waals surface area contributed by atoms with E-state index in [4.69, 9.17) is 0 Å². The maximum Gasteiger partial charge on any atom is 0.150 e. The maximum atomic E-state index is 4.40. The molecule has 0 aromatic carbocycles. The zero-order valence-electron chi connectivity index (χ0n) is 14.0. The molecule has 3 aromatic rings. The Hall–Kier alpha value is -2.80. The molecule has 7 heteroatoms. The van der Waals surface area contributed by atoms with Crippen LogP contribution in [0.3, 0.4) is 0 Å². The third kappa shape index (κ3) is 4.00. The van der Waals surface area contributed by atoms with Gasteiger partial charge < -0.3 is 10.3 Å². The fraction of sp³-hybridized carbons (Fsp3) is 0.333. The summed E-state index contributed by atoms with van der Waals surface area (Å²) in [5, 5.41) is 3.22. The molecule has 4 heterocycles. The number of nitrogens with zero attached hydrogens (tertiary/aromatic N) is 5. The average molecular weight is 335 g/mol. The number of aromatic amines is 1. The van der Waals surface area contributed by atoms with Crippen LogP contribution in [0.2, 0.25) is 0 Å². The fourth-order valence-electron chi connectivity index (χ4n) is 3.35. The largest absolute Gasteiger partial charge is 0.347 e. The average Bonchev–Trinajstić information content (AvgIpc) is 3.16. The number of pyridine rings is 1. The Morgan fingerprint density at radius 3 is 2.92 bits per heavy atom. The monoisotopic (exact) mass is 335 g/mol. The van der Waals surface area contributed by atoms with Crippen molar-refractivity contribution in [3.63, 3.8) is 0 Å². The van der Waals surface area contributed by atoms with E-state index < -0.39 is 0 Å². The lowest BCUT2D eigenvalue weighted by molar-refractivity contribution is 0.198. The SMILES string of the molecule is c1cnc(Nc2cc(C3CCCN(Cc4cnc[nH]4)C3)ccn2)cn1. The van der Waals surface area contributed by atoms with E-state index in [-0.39, 0.29) is 0 Å². The van der Waals surface area contributed by atoms with Crippen LogP contribution in [-0.4, -0.2) is 42.9 Å². The minimum Gasteiger partial charge on any atom is -0.347 e. The Morgan fingerprint density at radius 1 is 1.12 bits per heavy atom. The minimum atomic E-state index is 0.516. The first-order valence-corrected chi connectivity index (χ1v) is 8.55. The first-order chi connectivity index (χ1) is 12.4. The highest BCUT2D eigenvalue weighted by atomic mass is 15.1. The van der Waals surface area contributed by atoms with E-state index in [2.05, 4.69) is 47.3 Å². The molecule has 0 radical (unpaired) electrons. The number of H-pyrrole nitrogens is 1. The van der Waals surface area contributed by atoms with Crippen molar-refractivity contribution < 1.29 is 0 Å². The van der Waals surface area contributed by atoms with E-state index in [0.29, 0.717) is 11.7 Å². The molecule has 1 aliphatic rings.